The van der Waals surface area contributed by atoms with Gasteiger partial charge in [-0.1, -0.05) is 0 Å². The second kappa shape index (κ2) is 6.41. The van der Waals surface area contributed by atoms with Crippen LogP contribution in [-0.4, -0.2) is 39.3 Å². The number of hydrogen-bond acceptors (Lipinski definition) is 5. The highest BCUT2D eigenvalue weighted by atomic mass is 32.2. The third-order valence-electron chi connectivity index (χ3n) is 2.38. The number of benzene rings is 1. The fourth-order valence-electron chi connectivity index (χ4n) is 1.34. The van der Waals surface area contributed by atoms with Gasteiger partial charge in [0.05, 0.1) is 18.8 Å². The summed E-state index contributed by atoms with van der Waals surface area (Å²) in [7, 11) is -3.72. The van der Waals surface area contributed by atoms with Crippen molar-refractivity contribution in [3.63, 3.8) is 0 Å². The first-order valence-corrected chi connectivity index (χ1v) is 7.03. The largest absolute Gasteiger partial charge is 0.465 e. The molecule has 1 rings (SSSR count). The molecular formula is C11H12F3NO5S. The van der Waals surface area contributed by atoms with Crippen molar-refractivity contribution in [3.05, 3.63) is 29.1 Å². The average molecular weight is 327 g/mol. The molecule has 0 radical (unpaired) electrons. The third kappa shape index (κ3) is 3.71. The Bertz CT molecular complexity index is 660. The van der Waals surface area contributed by atoms with E-state index in [-0.39, 0.29) is 0 Å². The van der Waals surface area contributed by atoms with Crippen molar-refractivity contribution in [1.82, 2.24) is 4.72 Å². The molecule has 6 nitrogen and oxygen atoms in total. The zero-order valence-corrected chi connectivity index (χ0v) is 11.8. The number of ether oxygens (including phenoxy) is 1. The molecule has 0 saturated heterocycles. The van der Waals surface area contributed by atoms with Gasteiger partial charge in [0, 0.05) is 6.54 Å². The Morgan fingerprint density at radius 3 is 2.38 bits per heavy atom. The predicted octanol–water partition coefficient (Wildman–Crippen LogP) is 0.550. The topological polar surface area (TPSA) is 92.7 Å². The zero-order valence-electron chi connectivity index (χ0n) is 11.0. The lowest BCUT2D eigenvalue weighted by atomic mass is 10.2. The number of esters is 1. The van der Waals surface area contributed by atoms with Crippen molar-refractivity contribution in [2.75, 3.05) is 13.7 Å². The van der Waals surface area contributed by atoms with Gasteiger partial charge in [-0.25, -0.2) is 31.1 Å². The van der Waals surface area contributed by atoms with Crippen molar-refractivity contribution >= 4 is 16.0 Å². The maximum Gasteiger partial charge on any atom is 0.341 e. The summed E-state index contributed by atoms with van der Waals surface area (Å²) in [4.78, 5) is 9.97. The maximum absolute atomic E-state index is 13.6. The van der Waals surface area contributed by atoms with Crippen LogP contribution in [-0.2, 0) is 14.8 Å². The van der Waals surface area contributed by atoms with E-state index >= 15 is 0 Å². The molecule has 10 heteroatoms. The molecule has 21 heavy (non-hydrogen) atoms. The van der Waals surface area contributed by atoms with E-state index in [1.165, 1.54) is 6.92 Å². The summed E-state index contributed by atoms with van der Waals surface area (Å²) in [6.45, 7) is 0.776. The van der Waals surface area contributed by atoms with Crippen molar-refractivity contribution < 1.29 is 36.2 Å². The van der Waals surface area contributed by atoms with Gasteiger partial charge in [0.1, 0.15) is 4.90 Å². The summed E-state index contributed by atoms with van der Waals surface area (Å²) in [5, 5.41) is 8.98. The summed E-state index contributed by atoms with van der Waals surface area (Å²) in [5.74, 6) is -7.30. The van der Waals surface area contributed by atoms with Crippen LogP contribution >= 0.6 is 0 Å². The van der Waals surface area contributed by atoms with Crippen LogP contribution in [0.5, 0.6) is 0 Å². The lowest BCUT2D eigenvalue weighted by Crippen LogP contribution is -2.31. The Hall–Kier alpha value is -1.65. The molecule has 0 aliphatic carbocycles. The van der Waals surface area contributed by atoms with Crippen LogP contribution in [0.4, 0.5) is 13.2 Å². The first-order valence-electron chi connectivity index (χ1n) is 5.55. The first kappa shape index (κ1) is 17.4. The minimum absolute atomic E-state index is 0.323. The van der Waals surface area contributed by atoms with Gasteiger partial charge in [-0.2, -0.15) is 0 Å². The normalized spacial score (nSPS) is 13.0. The van der Waals surface area contributed by atoms with Crippen molar-refractivity contribution in [1.29, 1.82) is 0 Å². The zero-order chi connectivity index (χ0) is 16.4. The highest BCUT2D eigenvalue weighted by Gasteiger charge is 2.29. The Morgan fingerprint density at radius 2 is 1.90 bits per heavy atom. The molecule has 0 aliphatic heterocycles. The number of aliphatic hydroxyl groups is 1. The summed E-state index contributed by atoms with van der Waals surface area (Å²) in [6, 6.07) is 0.323. The van der Waals surface area contributed by atoms with Gasteiger partial charge in [0.25, 0.3) is 0 Å². The van der Waals surface area contributed by atoms with Gasteiger partial charge in [-0.15, -0.1) is 0 Å². The summed E-state index contributed by atoms with van der Waals surface area (Å²) < 4.78 is 69.9. The van der Waals surface area contributed by atoms with E-state index in [1.54, 1.807) is 4.72 Å². The quantitative estimate of drug-likeness (QED) is 0.609. The van der Waals surface area contributed by atoms with Crippen molar-refractivity contribution in [3.8, 4) is 0 Å². The summed E-state index contributed by atoms with van der Waals surface area (Å²) >= 11 is 0. The molecule has 0 aliphatic rings. The minimum atomic E-state index is -4.59. The van der Waals surface area contributed by atoms with Crippen molar-refractivity contribution in [2.24, 2.45) is 0 Å². The molecule has 1 atom stereocenters. The second-order valence-corrected chi connectivity index (χ2v) is 5.79. The molecule has 0 fully saturated rings. The molecule has 0 unspecified atom stereocenters. The average Bonchev–Trinajstić information content (AvgIpc) is 2.42. The van der Waals surface area contributed by atoms with Crippen LogP contribution in [0, 0.1) is 17.5 Å². The maximum atomic E-state index is 13.6. The summed E-state index contributed by atoms with van der Waals surface area (Å²) in [6.07, 6.45) is -1.09. The monoisotopic (exact) mass is 327 g/mol. The summed E-state index contributed by atoms with van der Waals surface area (Å²) in [5.41, 5.74) is -1.06. The molecule has 0 bridgehead atoms. The third-order valence-corrected chi connectivity index (χ3v) is 3.80. The van der Waals surface area contributed by atoms with Gasteiger partial charge in [-0.05, 0) is 13.0 Å². The fraction of sp³-hybridized carbons (Fsp3) is 0.364. The predicted molar refractivity (Wildman–Crippen MR) is 64.5 cm³/mol. The first-order chi connectivity index (χ1) is 9.61. The number of sulfonamides is 1. The number of carbonyl (C=O) groups excluding carboxylic acids is 1. The smallest absolute Gasteiger partial charge is 0.341 e. The van der Waals surface area contributed by atoms with E-state index in [9.17, 15) is 26.4 Å². The number of hydrogen-bond donors (Lipinski definition) is 2. The lowest BCUT2D eigenvalue weighted by Gasteiger charge is -2.11. The molecule has 0 saturated carbocycles. The molecule has 0 amide bonds. The van der Waals surface area contributed by atoms with Crippen LogP contribution in [0.25, 0.3) is 0 Å². The molecule has 0 heterocycles. The van der Waals surface area contributed by atoms with Crippen LogP contribution in [0.1, 0.15) is 17.3 Å². The molecular weight excluding hydrogens is 315 g/mol. The highest BCUT2D eigenvalue weighted by Crippen LogP contribution is 2.23. The molecule has 1 aromatic rings. The number of halogens is 3. The van der Waals surface area contributed by atoms with E-state index in [2.05, 4.69) is 4.74 Å². The molecule has 118 valence electrons. The Morgan fingerprint density at radius 1 is 1.33 bits per heavy atom. The molecule has 0 aromatic heterocycles. The van der Waals surface area contributed by atoms with Gasteiger partial charge < -0.3 is 9.84 Å². The van der Waals surface area contributed by atoms with E-state index in [4.69, 9.17) is 5.11 Å². The van der Waals surface area contributed by atoms with Gasteiger partial charge in [0.2, 0.25) is 10.0 Å². The molecule has 2 N–H and O–H groups in total. The second-order valence-electron chi connectivity index (χ2n) is 4.06. The lowest BCUT2D eigenvalue weighted by molar-refractivity contribution is 0.0593. The van der Waals surface area contributed by atoms with Gasteiger partial charge in [0.15, 0.2) is 17.5 Å². The number of methoxy groups -OCH3 is 1. The highest BCUT2D eigenvalue weighted by molar-refractivity contribution is 7.89. The van der Waals surface area contributed by atoms with Crippen molar-refractivity contribution in [2.45, 2.75) is 17.9 Å². The standard InChI is InChI=1S/C11H12F3NO5S/c1-5(16)4-15-21(18,19)7-3-6(11(17)20-2)8(12)10(14)9(7)13/h3,5,15-16H,4H2,1-2H3/t5-/m1/s1. The Labute approximate surface area is 118 Å². The van der Waals surface area contributed by atoms with Gasteiger partial charge in [-0.3, -0.25) is 0 Å². The Kier molecular flexibility index (Phi) is 5.31. The fourth-order valence-corrected chi connectivity index (χ4v) is 2.56. The van der Waals surface area contributed by atoms with Crippen LogP contribution in [0.3, 0.4) is 0 Å². The number of rotatable bonds is 5. The van der Waals surface area contributed by atoms with E-state index in [1.807, 2.05) is 0 Å². The minimum Gasteiger partial charge on any atom is -0.465 e. The number of nitrogens with one attached hydrogen (secondary N) is 1. The van der Waals surface area contributed by atoms with Crippen LogP contribution in [0.15, 0.2) is 11.0 Å². The van der Waals surface area contributed by atoms with Crippen LogP contribution < -0.4 is 4.72 Å². The number of aliphatic hydroxyl groups excluding tert-OH is 1. The van der Waals surface area contributed by atoms with E-state index in [0.717, 1.165) is 7.11 Å². The van der Waals surface area contributed by atoms with E-state index in [0.29, 0.717) is 6.07 Å². The SMILES string of the molecule is COC(=O)c1cc(S(=O)(=O)NC[C@@H](C)O)c(F)c(F)c1F. The van der Waals surface area contributed by atoms with E-state index < -0.39 is 56.6 Å². The number of carbonyl (C=O) groups is 1. The van der Waals surface area contributed by atoms with Crippen LogP contribution in [0.2, 0.25) is 0 Å². The molecule has 0 spiro atoms. The molecule has 1 aromatic carbocycles. The van der Waals surface area contributed by atoms with Gasteiger partial charge >= 0.3 is 5.97 Å². The Balaban J connectivity index is 3.43.